The number of aromatic nitrogens is 4. The number of aliphatic imine (C=N–C) groups is 1. The molecular formula is C23H34IN9. The summed E-state index contributed by atoms with van der Waals surface area (Å²) in [6.45, 7) is 7.32. The molecule has 0 spiro atoms. The highest BCUT2D eigenvalue weighted by molar-refractivity contribution is 14.0. The third-order valence-corrected chi connectivity index (χ3v) is 5.77. The lowest BCUT2D eigenvalue weighted by molar-refractivity contribution is 0.250. The Balaban J connectivity index is 0.00000306. The standard InChI is InChI=1S/C23H33N9.HI/c1-3-24-23(26-12-11-25-21-20-15-30-31(2)22(20)29-17-28-21)27-14-19-10-7-13-32(19)16-18-8-5-4-6-9-18;/h4-6,8-9,15,17,19H,3,7,10-14,16H2,1-2H3,(H2,24,26,27)(H,25,28,29);1H. The van der Waals surface area contributed by atoms with E-state index in [1.807, 2.05) is 7.05 Å². The Morgan fingerprint density at radius 3 is 2.82 bits per heavy atom. The van der Waals surface area contributed by atoms with Crippen molar-refractivity contribution in [1.29, 1.82) is 0 Å². The minimum absolute atomic E-state index is 0. The number of rotatable bonds is 9. The van der Waals surface area contributed by atoms with Crippen molar-refractivity contribution in [2.45, 2.75) is 32.4 Å². The van der Waals surface area contributed by atoms with Crippen LogP contribution >= 0.6 is 24.0 Å². The first-order valence-electron chi connectivity index (χ1n) is 11.4. The van der Waals surface area contributed by atoms with Crippen molar-refractivity contribution >= 4 is 46.8 Å². The molecule has 1 saturated heterocycles. The van der Waals surface area contributed by atoms with Gasteiger partial charge in [0.1, 0.15) is 12.1 Å². The predicted molar refractivity (Wildman–Crippen MR) is 144 cm³/mol. The van der Waals surface area contributed by atoms with Crippen molar-refractivity contribution in [2.24, 2.45) is 12.0 Å². The van der Waals surface area contributed by atoms with Crippen LogP contribution < -0.4 is 16.0 Å². The number of fused-ring (bicyclic) bond motifs is 1. The minimum atomic E-state index is 0. The average molecular weight is 563 g/mol. The van der Waals surface area contributed by atoms with E-state index in [2.05, 4.69) is 73.2 Å². The Bertz CT molecular complexity index is 1020. The number of nitrogens with zero attached hydrogens (tertiary/aromatic N) is 6. The van der Waals surface area contributed by atoms with Gasteiger partial charge in [-0.15, -0.1) is 24.0 Å². The number of aryl methyl sites for hydroxylation is 1. The van der Waals surface area contributed by atoms with Crippen molar-refractivity contribution in [1.82, 2.24) is 35.3 Å². The van der Waals surface area contributed by atoms with E-state index < -0.39 is 0 Å². The molecule has 1 aromatic carbocycles. The van der Waals surface area contributed by atoms with Crippen LogP contribution in [0.15, 0.2) is 47.8 Å². The van der Waals surface area contributed by atoms with E-state index in [1.54, 1.807) is 17.2 Å². The van der Waals surface area contributed by atoms with Gasteiger partial charge in [-0.25, -0.2) is 9.97 Å². The Morgan fingerprint density at radius 2 is 2.00 bits per heavy atom. The topological polar surface area (TPSA) is 95.3 Å². The van der Waals surface area contributed by atoms with Gasteiger partial charge in [0.05, 0.1) is 18.1 Å². The lowest BCUT2D eigenvalue weighted by Gasteiger charge is -2.23. The summed E-state index contributed by atoms with van der Waals surface area (Å²) in [7, 11) is 1.88. The summed E-state index contributed by atoms with van der Waals surface area (Å²) in [5.41, 5.74) is 2.19. The van der Waals surface area contributed by atoms with Gasteiger partial charge in [-0.3, -0.25) is 14.6 Å². The van der Waals surface area contributed by atoms with Crippen LogP contribution in [0.5, 0.6) is 0 Å². The van der Waals surface area contributed by atoms with Gasteiger partial charge in [-0.1, -0.05) is 30.3 Å². The van der Waals surface area contributed by atoms with E-state index in [9.17, 15) is 0 Å². The molecule has 0 aliphatic carbocycles. The summed E-state index contributed by atoms with van der Waals surface area (Å²) in [4.78, 5) is 16.1. The van der Waals surface area contributed by atoms with Gasteiger partial charge in [0, 0.05) is 39.3 Å². The van der Waals surface area contributed by atoms with Gasteiger partial charge < -0.3 is 16.0 Å². The number of benzene rings is 1. The zero-order chi connectivity index (χ0) is 22.2. The molecule has 0 amide bonds. The normalized spacial score (nSPS) is 16.5. The minimum Gasteiger partial charge on any atom is -0.368 e. The highest BCUT2D eigenvalue weighted by Crippen LogP contribution is 2.20. The quantitative estimate of drug-likeness (QED) is 0.160. The van der Waals surface area contributed by atoms with E-state index in [1.165, 1.54) is 18.4 Å². The highest BCUT2D eigenvalue weighted by atomic mass is 127. The van der Waals surface area contributed by atoms with E-state index in [0.29, 0.717) is 6.04 Å². The van der Waals surface area contributed by atoms with Gasteiger partial charge in [0.25, 0.3) is 0 Å². The monoisotopic (exact) mass is 563 g/mol. The summed E-state index contributed by atoms with van der Waals surface area (Å²) < 4.78 is 1.75. The highest BCUT2D eigenvalue weighted by Gasteiger charge is 2.24. The Kier molecular flexibility index (Phi) is 9.67. The summed E-state index contributed by atoms with van der Waals surface area (Å²) in [5.74, 6) is 1.66. The fraction of sp³-hybridized carbons (Fsp3) is 0.478. The number of hydrogen-bond acceptors (Lipinski definition) is 6. The van der Waals surface area contributed by atoms with Crippen LogP contribution in [0, 0.1) is 0 Å². The van der Waals surface area contributed by atoms with E-state index in [4.69, 9.17) is 4.99 Å². The van der Waals surface area contributed by atoms with Gasteiger partial charge in [-0.2, -0.15) is 5.10 Å². The van der Waals surface area contributed by atoms with Crippen molar-refractivity contribution in [2.75, 3.05) is 38.0 Å². The molecule has 1 atom stereocenters. The van der Waals surface area contributed by atoms with Crippen LogP contribution in [0.4, 0.5) is 5.82 Å². The maximum absolute atomic E-state index is 4.87. The average Bonchev–Trinajstić information content (AvgIpc) is 3.42. The van der Waals surface area contributed by atoms with Gasteiger partial charge in [0.15, 0.2) is 11.6 Å². The molecular weight excluding hydrogens is 529 g/mol. The zero-order valence-corrected chi connectivity index (χ0v) is 21.7. The largest absolute Gasteiger partial charge is 0.368 e. The molecule has 1 unspecified atom stereocenters. The maximum Gasteiger partial charge on any atom is 0.191 e. The van der Waals surface area contributed by atoms with Gasteiger partial charge in [-0.05, 0) is 31.9 Å². The van der Waals surface area contributed by atoms with Crippen LogP contribution in [0.2, 0.25) is 0 Å². The fourth-order valence-corrected chi connectivity index (χ4v) is 4.13. The smallest absolute Gasteiger partial charge is 0.191 e. The second-order valence-corrected chi connectivity index (χ2v) is 8.05. The first-order chi connectivity index (χ1) is 15.7. The predicted octanol–water partition coefficient (Wildman–Crippen LogP) is 2.61. The van der Waals surface area contributed by atoms with Crippen molar-refractivity contribution < 1.29 is 0 Å². The first-order valence-corrected chi connectivity index (χ1v) is 11.4. The SMILES string of the molecule is CCNC(=NCC1CCCN1Cc1ccccc1)NCCNc1ncnc2c1cnn2C.I. The van der Waals surface area contributed by atoms with Crippen LogP contribution in [0.25, 0.3) is 11.0 Å². The van der Waals surface area contributed by atoms with Gasteiger partial charge >= 0.3 is 0 Å². The molecule has 3 heterocycles. The number of hydrogen-bond donors (Lipinski definition) is 3. The molecule has 178 valence electrons. The summed E-state index contributed by atoms with van der Waals surface area (Å²) in [5, 5.41) is 15.3. The van der Waals surface area contributed by atoms with E-state index in [-0.39, 0.29) is 24.0 Å². The lowest BCUT2D eigenvalue weighted by atomic mass is 10.2. The van der Waals surface area contributed by atoms with Crippen LogP contribution in [-0.2, 0) is 13.6 Å². The molecule has 9 nitrogen and oxygen atoms in total. The number of nitrogens with one attached hydrogen (secondary N) is 3. The molecule has 2 aromatic heterocycles. The fourth-order valence-electron chi connectivity index (χ4n) is 4.13. The number of halogens is 1. The van der Waals surface area contributed by atoms with Crippen LogP contribution in [0.1, 0.15) is 25.3 Å². The Morgan fingerprint density at radius 1 is 1.15 bits per heavy atom. The summed E-state index contributed by atoms with van der Waals surface area (Å²) in [6, 6.07) is 11.2. The first kappa shape index (κ1) is 25.2. The second-order valence-electron chi connectivity index (χ2n) is 8.05. The van der Waals surface area contributed by atoms with Gasteiger partial charge in [0.2, 0.25) is 0 Å². The molecule has 4 rings (SSSR count). The molecule has 10 heteroatoms. The second kappa shape index (κ2) is 12.7. The third-order valence-electron chi connectivity index (χ3n) is 5.77. The molecule has 0 radical (unpaired) electrons. The van der Waals surface area contributed by atoms with Crippen molar-refractivity contribution in [3.05, 3.63) is 48.4 Å². The molecule has 1 fully saturated rings. The summed E-state index contributed by atoms with van der Waals surface area (Å²) in [6.07, 6.45) is 5.79. The number of likely N-dealkylation sites (tertiary alicyclic amines) is 1. The Labute approximate surface area is 212 Å². The molecule has 1 aliphatic heterocycles. The van der Waals surface area contributed by atoms with Crippen molar-refractivity contribution in [3.8, 4) is 0 Å². The van der Waals surface area contributed by atoms with Crippen molar-refractivity contribution in [3.63, 3.8) is 0 Å². The van der Waals surface area contributed by atoms with E-state index in [0.717, 1.165) is 62.1 Å². The number of guanidine groups is 1. The number of anilines is 1. The lowest BCUT2D eigenvalue weighted by Crippen LogP contribution is -2.41. The molecule has 0 saturated carbocycles. The van der Waals surface area contributed by atoms with E-state index >= 15 is 0 Å². The molecule has 33 heavy (non-hydrogen) atoms. The summed E-state index contributed by atoms with van der Waals surface area (Å²) >= 11 is 0. The molecule has 0 bridgehead atoms. The van der Waals surface area contributed by atoms with Crippen LogP contribution in [-0.4, -0.2) is 69.4 Å². The maximum atomic E-state index is 4.87. The Hall–Kier alpha value is -2.47. The zero-order valence-electron chi connectivity index (χ0n) is 19.4. The third kappa shape index (κ3) is 6.76. The molecule has 1 aliphatic rings. The molecule has 3 aromatic rings. The molecule has 3 N–H and O–H groups in total. The van der Waals surface area contributed by atoms with Crippen LogP contribution in [0.3, 0.4) is 0 Å².